The molecule has 6 nitrogen and oxygen atoms in total. The molecule has 5 atom stereocenters. The average Bonchev–Trinajstić information content (AvgIpc) is 2.41. The molecule has 122 valence electrons. The minimum atomic E-state index is -0.654. The van der Waals surface area contributed by atoms with Crippen LogP contribution in [-0.2, 0) is 28.5 Å². The van der Waals surface area contributed by atoms with Crippen molar-refractivity contribution in [3.8, 4) is 0 Å². The average molecular weight is 367 g/mol. The van der Waals surface area contributed by atoms with Crippen molar-refractivity contribution in [2.75, 3.05) is 18.5 Å². The zero-order chi connectivity index (χ0) is 16.0. The second kappa shape index (κ2) is 8.70. The van der Waals surface area contributed by atoms with Crippen LogP contribution in [0.5, 0.6) is 0 Å². The maximum absolute atomic E-state index is 11.3. The molecule has 0 N–H and O–H groups in total. The van der Waals surface area contributed by atoms with Gasteiger partial charge in [-0.15, -0.1) is 0 Å². The summed E-state index contributed by atoms with van der Waals surface area (Å²) in [4.78, 5) is 22.2. The highest BCUT2D eigenvalue weighted by Gasteiger charge is 2.44. The molecule has 7 heteroatoms. The molecule has 0 spiro atoms. The standard InChI is InChI=1S/C14H23BrO6/c1-8-9(2)13(20-11(4)17)14(18-6-5-15)21-12(8)7-19-10(3)16/h8-9,12-14H,5-7H2,1-4H3. The Morgan fingerprint density at radius 2 is 1.81 bits per heavy atom. The van der Waals surface area contributed by atoms with Crippen LogP contribution < -0.4 is 0 Å². The summed E-state index contributed by atoms with van der Waals surface area (Å²) in [6.45, 7) is 7.29. The first-order valence-electron chi connectivity index (χ1n) is 7.00. The van der Waals surface area contributed by atoms with Gasteiger partial charge in [0.25, 0.3) is 0 Å². The number of hydrogen-bond donors (Lipinski definition) is 0. The molecule has 1 saturated heterocycles. The van der Waals surface area contributed by atoms with Crippen LogP contribution in [0, 0.1) is 11.8 Å². The lowest BCUT2D eigenvalue weighted by atomic mass is 9.83. The third kappa shape index (κ3) is 5.56. The molecular weight excluding hydrogens is 344 g/mol. The van der Waals surface area contributed by atoms with Gasteiger partial charge in [0.05, 0.1) is 12.7 Å². The van der Waals surface area contributed by atoms with Gasteiger partial charge in [-0.3, -0.25) is 9.59 Å². The van der Waals surface area contributed by atoms with Gasteiger partial charge in [-0.05, 0) is 5.92 Å². The van der Waals surface area contributed by atoms with E-state index in [0.717, 1.165) is 0 Å². The summed E-state index contributed by atoms with van der Waals surface area (Å²) in [7, 11) is 0. The Morgan fingerprint density at radius 1 is 1.14 bits per heavy atom. The highest BCUT2D eigenvalue weighted by Crippen LogP contribution is 2.33. The molecule has 0 aliphatic carbocycles. The molecule has 0 amide bonds. The maximum Gasteiger partial charge on any atom is 0.303 e. The zero-order valence-electron chi connectivity index (χ0n) is 12.8. The normalized spacial score (nSPS) is 32.5. The van der Waals surface area contributed by atoms with Gasteiger partial charge in [0.1, 0.15) is 6.61 Å². The Labute approximate surface area is 133 Å². The molecule has 0 bridgehead atoms. The Hall–Kier alpha value is -0.660. The summed E-state index contributed by atoms with van der Waals surface area (Å²) >= 11 is 3.28. The minimum Gasteiger partial charge on any atom is -0.463 e. The fourth-order valence-electron chi connectivity index (χ4n) is 2.30. The van der Waals surface area contributed by atoms with E-state index >= 15 is 0 Å². The van der Waals surface area contributed by atoms with Crippen molar-refractivity contribution in [2.45, 2.75) is 46.2 Å². The Bertz CT molecular complexity index is 359. The number of rotatable bonds is 6. The summed E-state index contributed by atoms with van der Waals surface area (Å²) in [5.41, 5.74) is 0. The number of hydrogen-bond acceptors (Lipinski definition) is 6. The van der Waals surface area contributed by atoms with Crippen LogP contribution in [0.15, 0.2) is 0 Å². The minimum absolute atomic E-state index is 0.0310. The summed E-state index contributed by atoms with van der Waals surface area (Å²) in [5, 5.41) is 0.651. The number of carbonyl (C=O) groups is 2. The van der Waals surface area contributed by atoms with Crippen LogP contribution in [0.3, 0.4) is 0 Å². The van der Waals surface area contributed by atoms with Gasteiger partial charge < -0.3 is 18.9 Å². The number of esters is 2. The number of ether oxygens (including phenoxy) is 4. The van der Waals surface area contributed by atoms with E-state index in [1.807, 2.05) is 13.8 Å². The van der Waals surface area contributed by atoms with Gasteiger partial charge in [0.2, 0.25) is 0 Å². The number of alkyl halides is 1. The first kappa shape index (κ1) is 18.4. The van der Waals surface area contributed by atoms with Crippen molar-refractivity contribution in [1.29, 1.82) is 0 Å². The molecule has 1 aliphatic heterocycles. The Morgan fingerprint density at radius 3 is 2.33 bits per heavy atom. The maximum atomic E-state index is 11.3. The SMILES string of the molecule is CC(=O)OCC1OC(OCCBr)C(OC(C)=O)C(C)C1C. The molecule has 0 aromatic heterocycles. The van der Waals surface area contributed by atoms with E-state index in [-0.39, 0.29) is 36.5 Å². The first-order chi connectivity index (χ1) is 9.86. The topological polar surface area (TPSA) is 71.1 Å². The smallest absolute Gasteiger partial charge is 0.303 e. The Balaban J connectivity index is 2.77. The molecule has 21 heavy (non-hydrogen) atoms. The fourth-order valence-corrected chi connectivity index (χ4v) is 2.49. The molecule has 0 aromatic rings. The predicted octanol–water partition coefficient (Wildman–Crippen LogP) is 1.89. The van der Waals surface area contributed by atoms with Crippen molar-refractivity contribution in [3.63, 3.8) is 0 Å². The third-order valence-corrected chi connectivity index (χ3v) is 3.95. The molecular formula is C14H23BrO6. The van der Waals surface area contributed by atoms with Gasteiger partial charge in [-0.2, -0.15) is 0 Å². The second-order valence-corrected chi connectivity index (χ2v) is 5.99. The lowest BCUT2D eigenvalue weighted by Gasteiger charge is -2.43. The zero-order valence-corrected chi connectivity index (χ0v) is 14.4. The number of carbonyl (C=O) groups excluding carboxylic acids is 2. The van der Waals surface area contributed by atoms with Crippen molar-refractivity contribution < 1.29 is 28.5 Å². The first-order valence-corrected chi connectivity index (χ1v) is 8.12. The quantitative estimate of drug-likeness (QED) is 0.528. The van der Waals surface area contributed by atoms with Crippen molar-refractivity contribution in [1.82, 2.24) is 0 Å². The fraction of sp³-hybridized carbons (Fsp3) is 0.857. The van der Waals surface area contributed by atoms with Gasteiger partial charge in [-0.25, -0.2) is 0 Å². The van der Waals surface area contributed by atoms with Gasteiger partial charge in [-0.1, -0.05) is 29.8 Å². The molecule has 1 rings (SSSR count). The molecule has 0 saturated carbocycles. The van der Waals surface area contributed by atoms with Crippen LogP contribution in [0.25, 0.3) is 0 Å². The summed E-state index contributed by atoms with van der Waals surface area (Å²) in [5.74, 6) is -0.618. The number of halogens is 1. The van der Waals surface area contributed by atoms with E-state index in [0.29, 0.717) is 11.9 Å². The van der Waals surface area contributed by atoms with E-state index < -0.39 is 12.4 Å². The van der Waals surface area contributed by atoms with E-state index in [4.69, 9.17) is 18.9 Å². The van der Waals surface area contributed by atoms with Crippen LogP contribution in [-0.4, -0.2) is 49.0 Å². The van der Waals surface area contributed by atoms with E-state index in [9.17, 15) is 9.59 Å². The van der Waals surface area contributed by atoms with Gasteiger partial charge >= 0.3 is 11.9 Å². The van der Waals surface area contributed by atoms with Crippen LogP contribution in [0.4, 0.5) is 0 Å². The Kier molecular flexibility index (Phi) is 7.62. The molecule has 0 aromatic carbocycles. The van der Waals surface area contributed by atoms with E-state index in [1.165, 1.54) is 13.8 Å². The lowest BCUT2D eigenvalue weighted by Crippen LogP contribution is -2.53. The molecule has 1 fully saturated rings. The highest BCUT2D eigenvalue weighted by molar-refractivity contribution is 9.09. The van der Waals surface area contributed by atoms with Crippen molar-refractivity contribution in [2.24, 2.45) is 11.8 Å². The van der Waals surface area contributed by atoms with Gasteiger partial charge in [0, 0.05) is 25.1 Å². The van der Waals surface area contributed by atoms with Crippen LogP contribution in [0.2, 0.25) is 0 Å². The lowest BCUT2D eigenvalue weighted by molar-refractivity contribution is -0.278. The predicted molar refractivity (Wildman–Crippen MR) is 78.9 cm³/mol. The van der Waals surface area contributed by atoms with Crippen molar-refractivity contribution in [3.05, 3.63) is 0 Å². The van der Waals surface area contributed by atoms with E-state index in [1.54, 1.807) is 0 Å². The van der Waals surface area contributed by atoms with Crippen LogP contribution >= 0.6 is 15.9 Å². The van der Waals surface area contributed by atoms with Crippen molar-refractivity contribution >= 4 is 27.9 Å². The monoisotopic (exact) mass is 366 g/mol. The molecule has 1 aliphatic rings. The second-order valence-electron chi connectivity index (χ2n) is 5.20. The molecule has 1 heterocycles. The van der Waals surface area contributed by atoms with Gasteiger partial charge in [0.15, 0.2) is 12.4 Å². The highest BCUT2D eigenvalue weighted by atomic mass is 79.9. The summed E-state index contributed by atoms with van der Waals surface area (Å²) in [6, 6.07) is 0. The molecule has 5 unspecified atom stereocenters. The molecule has 0 radical (unpaired) electrons. The largest absolute Gasteiger partial charge is 0.463 e. The third-order valence-electron chi connectivity index (χ3n) is 3.62. The summed E-state index contributed by atoms with van der Waals surface area (Å²) < 4.78 is 21.8. The summed E-state index contributed by atoms with van der Waals surface area (Å²) in [6.07, 6.45) is -1.40. The van der Waals surface area contributed by atoms with E-state index in [2.05, 4.69) is 15.9 Å². The van der Waals surface area contributed by atoms with Crippen LogP contribution in [0.1, 0.15) is 27.7 Å².